The van der Waals surface area contributed by atoms with E-state index in [2.05, 4.69) is 27.7 Å². The van der Waals surface area contributed by atoms with Crippen molar-refractivity contribution in [1.82, 2.24) is 0 Å². The van der Waals surface area contributed by atoms with Crippen molar-refractivity contribution < 1.29 is 9.53 Å². The van der Waals surface area contributed by atoms with Crippen molar-refractivity contribution in [3.05, 3.63) is 15.3 Å². The number of rotatable bonds is 4. The highest BCUT2D eigenvalue weighted by Crippen LogP contribution is 2.41. The van der Waals surface area contributed by atoms with Crippen LogP contribution in [-0.4, -0.2) is 11.6 Å². The number of thiophene rings is 1. The lowest BCUT2D eigenvalue weighted by molar-refractivity contribution is 0.00763. The molecule has 1 heterocycles. The topological polar surface area (TPSA) is 52.3 Å². The molecule has 0 aliphatic rings. The molecule has 0 aliphatic carbocycles. The number of hydrogen-bond acceptors (Lipinski definition) is 4. The average Bonchev–Trinajstić information content (AvgIpc) is 2.64. The molecule has 3 nitrogen and oxygen atoms in total. The van der Waals surface area contributed by atoms with Crippen LogP contribution in [0.3, 0.4) is 0 Å². The quantitative estimate of drug-likeness (QED) is 0.830. The summed E-state index contributed by atoms with van der Waals surface area (Å²) >= 11 is 1.49. The van der Waals surface area contributed by atoms with Gasteiger partial charge in [-0.3, -0.25) is 0 Å². The van der Waals surface area contributed by atoms with Crippen LogP contribution in [0.4, 0.5) is 5.69 Å². The largest absolute Gasteiger partial charge is 0.456 e. The predicted octanol–water partition coefficient (Wildman–Crippen LogP) is 4.54. The van der Waals surface area contributed by atoms with Crippen LogP contribution in [-0.2, 0) is 16.6 Å². The van der Waals surface area contributed by atoms with E-state index in [-0.39, 0.29) is 11.4 Å². The zero-order valence-corrected chi connectivity index (χ0v) is 14.5. The summed E-state index contributed by atoms with van der Waals surface area (Å²) in [5.41, 5.74) is 7.43. The van der Waals surface area contributed by atoms with Crippen LogP contribution in [0.15, 0.2) is 0 Å². The van der Waals surface area contributed by atoms with E-state index in [4.69, 9.17) is 10.5 Å². The molecule has 2 N–H and O–H groups in total. The highest BCUT2D eigenvalue weighted by Gasteiger charge is 2.30. The van der Waals surface area contributed by atoms with Gasteiger partial charge in [-0.15, -0.1) is 11.3 Å². The van der Waals surface area contributed by atoms with E-state index in [1.165, 1.54) is 16.2 Å². The van der Waals surface area contributed by atoms with Crippen LogP contribution in [0.5, 0.6) is 0 Å². The fraction of sp³-hybridized carbons (Fsp3) is 0.688. The summed E-state index contributed by atoms with van der Waals surface area (Å²) in [6.07, 6.45) is 1.84. The lowest BCUT2D eigenvalue weighted by atomic mass is 9.85. The van der Waals surface area contributed by atoms with Gasteiger partial charge in [0.1, 0.15) is 10.5 Å². The second kappa shape index (κ2) is 5.76. The monoisotopic (exact) mass is 297 g/mol. The van der Waals surface area contributed by atoms with Gasteiger partial charge in [0.25, 0.3) is 0 Å². The second-order valence-corrected chi connectivity index (χ2v) is 7.77. The molecule has 0 atom stereocenters. The van der Waals surface area contributed by atoms with E-state index in [1.54, 1.807) is 0 Å². The predicted molar refractivity (Wildman–Crippen MR) is 86.6 cm³/mol. The molecule has 1 aromatic heterocycles. The highest BCUT2D eigenvalue weighted by molar-refractivity contribution is 7.15. The normalized spacial score (nSPS) is 12.6. The van der Waals surface area contributed by atoms with E-state index < -0.39 is 5.60 Å². The Morgan fingerprint density at radius 2 is 1.75 bits per heavy atom. The lowest BCUT2D eigenvalue weighted by Gasteiger charge is -2.22. The minimum absolute atomic E-state index is 0.0321. The van der Waals surface area contributed by atoms with Gasteiger partial charge in [0.15, 0.2) is 0 Å². The van der Waals surface area contributed by atoms with E-state index in [9.17, 15) is 4.79 Å². The van der Waals surface area contributed by atoms with Crippen molar-refractivity contribution in [3.8, 4) is 0 Å². The molecule has 0 amide bonds. The van der Waals surface area contributed by atoms with Crippen LogP contribution in [0.1, 0.15) is 75.0 Å². The van der Waals surface area contributed by atoms with Crippen molar-refractivity contribution in [3.63, 3.8) is 0 Å². The number of nitrogens with two attached hydrogens (primary N) is 1. The Labute approximate surface area is 126 Å². The Kier molecular flexibility index (Phi) is 4.90. The molecule has 0 spiro atoms. The minimum atomic E-state index is -0.500. The summed E-state index contributed by atoms with van der Waals surface area (Å²) in [5.74, 6) is -0.312. The first-order valence-electron chi connectivity index (χ1n) is 7.18. The number of esters is 1. The fourth-order valence-electron chi connectivity index (χ4n) is 2.01. The molecule has 0 fully saturated rings. The van der Waals surface area contributed by atoms with E-state index in [0.717, 1.165) is 18.4 Å². The van der Waals surface area contributed by atoms with E-state index in [0.29, 0.717) is 10.6 Å². The van der Waals surface area contributed by atoms with Gasteiger partial charge in [0, 0.05) is 4.88 Å². The summed E-state index contributed by atoms with van der Waals surface area (Å²) in [6, 6.07) is 0. The molecule has 1 rings (SSSR count). The third-order valence-electron chi connectivity index (χ3n) is 3.48. The maximum absolute atomic E-state index is 12.3. The van der Waals surface area contributed by atoms with Crippen LogP contribution in [0.25, 0.3) is 0 Å². The number of anilines is 1. The fourth-order valence-corrected chi connectivity index (χ4v) is 3.37. The van der Waals surface area contributed by atoms with Gasteiger partial charge in [0.2, 0.25) is 0 Å². The van der Waals surface area contributed by atoms with Gasteiger partial charge < -0.3 is 10.5 Å². The molecule has 0 unspecified atom stereocenters. The Morgan fingerprint density at radius 1 is 1.20 bits per heavy atom. The van der Waals surface area contributed by atoms with E-state index in [1.807, 2.05) is 20.8 Å². The first-order valence-corrected chi connectivity index (χ1v) is 8.00. The molecule has 0 saturated heterocycles. The zero-order valence-electron chi connectivity index (χ0n) is 13.7. The highest BCUT2D eigenvalue weighted by atomic mass is 32.1. The molecular formula is C16H27NO2S. The molecule has 0 radical (unpaired) electrons. The molecule has 114 valence electrons. The van der Waals surface area contributed by atoms with Gasteiger partial charge in [-0.25, -0.2) is 4.79 Å². The van der Waals surface area contributed by atoms with Gasteiger partial charge in [-0.05, 0) is 44.6 Å². The molecule has 1 aromatic rings. The van der Waals surface area contributed by atoms with Crippen molar-refractivity contribution in [1.29, 1.82) is 0 Å². The summed E-state index contributed by atoms with van der Waals surface area (Å²) in [5, 5.41) is 0. The summed E-state index contributed by atoms with van der Waals surface area (Å²) in [4.78, 5) is 14.0. The molecular weight excluding hydrogens is 270 g/mol. The van der Waals surface area contributed by atoms with Crippen LogP contribution < -0.4 is 5.73 Å². The zero-order chi connectivity index (χ0) is 15.7. The Morgan fingerprint density at radius 3 is 2.15 bits per heavy atom. The molecule has 4 heteroatoms. The van der Waals surface area contributed by atoms with Crippen LogP contribution in [0, 0.1) is 0 Å². The SMILES string of the molecule is CCc1c(C(C)(C)CC)sc(C(=O)OC(C)(C)C)c1N. The lowest BCUT2D eigenvalue weighted by Crippen LogP contribution is -2.23. The van der Waals surface area contributed by atoms with Gasteiger partial charge in [-0.1, -0.05) is 27.7 Å². The summed E-state index contributed by atoms with van der Waals surface area (Å²) in [7, 11) is 0. The number of carbonyl (C=O) groups is 1. The number of carbonyl (C=O) groups excluding carboxylic acids is 1. The van der Waals surface area contributed by atoms with Crippen molar-refractivity contribution in [2.24, 2.45) is 0 Å². The van der Waals surface area contributed by atoms with Gasteiger partial charge in [0.05, 0.1) is 5.69 Å². The summed E-state index contributed by atoms with van der Waals surface area (Å²) < 4.78 is 5.46. The molecule has 0 bridgehead atoms. The molecule has 20 heavy (non-hydrogen) atoms. The van der Waals surface area contributed by atoms with Crippen LogP contribution in [0.2, 0.25) is 0 Å². The molecule has 0 saturated carbocycles. The van der Waals surface area contributed by atoms with Gasteiger partial charge >= 0.3 is 5.97 Å². The van der Waals surface area contributed by atoms with Gasteiger partial charge in [-0.2, -0.15) is 0 Å². The van der Waals surface area contributed by atoms with Crippen molar-refractivity contribution in [2.45, 2.75) is 72.3 Å². The van der Waals surface area contributed by atoms with Crippen molar-refractivity contribution >= 4 is 23.0 Å². The van der Waals surface area contributed by atoms with Crippen molar-refractivity contribution in [2.75, 3.05) is 5.73 Å². The second-order valence-electron chi connectivity index (χ2n) is 6.75. The molecule has 0 aliphatic heterocycles. The smallest absolute Gasteiger partial charge is 0.350 e. The third kappa shape index (κ3) is 3.54. The number of ether oxygens (including phenoxy) is 1. The maximum atomic E-state index is 12.3. The average molecular weight is 297 g/mol. The number of hydrogen-bond donors (Lipinski definition) is 1. The first kappa shape index (κ1) is 17.0. The third-order valence-corrected chi connectivity index (χ3v) is 5.08. The minimum Gasteiger partial charge on any atom is -0.456 e. The Balaban J connectivity index is 3.28. The Bertz CT molecular complexity index is 495. The molecule has 0 aromatic carbocycles. The van der Waals surface area contributed by atoms with Crippen LogP contribution >= 0.6 is 11.3 Å². The standard InChI is InChI=1S/C16H27NO2S/c1-8-10-11(17)12(14(18)19-15(3,4)5)20-13(10)16(6,7)9-2/h8-9,17H2,1-7H3. The first-order chi connectivity index (χ1) is 9.03. The summed E-state index contributed by atoms with van der Waals surface area (Å²) in [6.45, 7) is 14.2. The maximum Gasteiger partial charge on any atom is 0.350 e. The number of nitrogen functional groups attached to an aromatic ring is 1. The van der Waals surface area contributed by atoms with E-state index >= 15 is 0 Å². The Hall–Kier alpha value is -1.03.